The average Bonchev–Trinajstić information content (AvgIpc) is 3.35. The van der Waals surface area contributed by atoms with E-state index in [2.05, 4.69) is 36.4 Å². The van der Waals surface area contributed by atoms with Crippen LogP contribution in [0.4, 0.5) is 17.6 Å². The lowest BCUT2D eigenvalue weighted by Crippen LogP contribution is -2.39. The molecule has 0 unspecified atom stereocenters. The first-order chi connectivity index (χ1) is 11.3. The third-order valence-electron chi connectivity index (χ3n) is 4.65. The number of aromatic nitrogens is 4. The molecule has 7 heteroatoms. The molecular weight excluding hydrogens is 290 g/mol. The Bertz CT molecular complexity index is 664. The number of aromatic amines is 1. The Morgan fingerprint density at radius 2 is 2.22 bits per heavy atom. The number of nitrogens with one attached hydrogen (secondary N) is 2. The van der Waals surface area contributed by atoms with Crippen LogP contribution in [0.15, 0.2) is 18.3 Å². The summed E-state index contributed by atoms with van der Waals surface area (Å²) < 4.78 is 0. The Morgan fingerprint density at radius 3 is 3.04 bits per heavy atom. The normalized spacial score (nSPS) is 21.4. The molecule has 7 nitrogen and oxygen atoms in total. The van der Waals surface area contributed by atoms with Crippen LogP contribution < -0.4 is 16.0 Å². The topological polar surface area (TPSA) is 95.8 Å². The number of piperidine rings is 1. The van der Waals surface area contributed by atoms with Gasteiger partial charge in [0.25, 0.3) is 0 Å². The van der Waals surface area contributed by atoms with Crippen molar-refractivity contribution in [2.45, 2.75) is 31.6 Å². The second-order valence-electron chi connectivity index (χ2n) is 6.54. The molecule has 0 radical (unpaired) electrons. The molecule has 0 spiro atoms. The molecule has 2 aromatic rings. The summed E-state index contributed by atoms with van der Waals surface area (Å²) in [5, 5.41) is 10.7. The predicted octanol–water partition coefficient (Wildman–Crippen LogP) is 2.00. The Morgan fingerprint density at radius 1 is 1.30 bits per heavy atom. The van der Waals surface area contributed by atoms with Gasteiger partial charge >= 0.3 is 0 Å². The molecule has 1 aliphatic heterocycles. The third kappa shape index (κ3) is 3.29. The molecule has 4 rings (SSSR count). The molecule has 2 aromatic heterocycles. The molecular formula is C16H23N7. The van der Waals surface area contributed by atoms with E-state index in [-0.39, 0.29) is 0 Å². The number of rotatable bonds is 5. The van der Waals surface area contributed by atoms with Crippen molar-refractivity contribution in [1.82, 2.24) is 20.2 Å². The smallest absolute Gasteiger partial charge is 0.227 e. The van der Waals surface area contributed by atoms with E-state index in [9.17, 15) is 0 Å². The van der Waals surface area contributed by atoms with Crippen molar-refractivity contribution in [3.63, 3.8) is 0 Å². The van der Waals surface area contributed by atoms with E-state index in [0.717, 1.165) is 43.6 Å². The second kappa shape index (κ2) is 6.16. The molecule has 2 aliphatic rings. The van der Waals surface area contributed by atoms with Gasteiger partial charge in [-0.2, -0.15) is 10.1 Å². The number of nitrogens with two attached hydrogens (primary N) is 1. The fourth-order valence-electron chi connectivity index (χ4n) is 3.14. The molecule has 3 heterocycles. The molecule has 1 atom stereocenters. The second-order valence-corrected chi connectivity index (χ2v) is 6.54. The maximum absolute atomic E-state index is 5.82. The summed E-state index contributed by atoms with van der Waals surface area (Å²) in [5.41, 5.74) is 7.03. The van der Waals surface area contributed by atoms with Gasteiger partial charge in [-0.1, -0.05) is 0 Å². The highest BCUT2D eigenvalue weighted by Crippen LogP contribution is 2.39. The van der Waals surface area contributed by atoms with Crippen LogP contribution in [0.5, 0.6) is 0 Å². The van der Waals surface area contributed by atoms with Gasteiger partial charge in [0.05, 0.1) is 0 Å². The molecule has 1 saturated heterocycles. The summed E-state index contributed by atoms with van der Waals surface area (Å²) in [4.78, 5) is 11.3. The highest BCUT2D eigenvalue weighted by molar-refractivity contribution is 5.53. The predicted molar refractivity (Wildman–Crippen MR) is 89.9 cm³/mol. The van der Waals surface area contributed by atoms with Crippen LogP contribution in [0, 0.1) is 5.92 Å². The monoisotopic (exact) mass is 313 g/mol. The molecule has 2 fully saturated rings. The molecule has 1 saturated carbocycles. The van der Waals surface area contributed by atoms with E-state index in [1.807, 2.05) is 6.07 Å². The van der Waals surface area contributed by atoms with Crippen molar-refractivity contribution < 1.29 is 0 Å². The van der Waals surface area contributed by atoms with E-state index in [0.29, 0.717) is 11.8 Å². The number of hydrogen-bond acceptors (Lipinski definition) is 6. The summed E-state index contributed by atoms with van der Waals surface area (Å²) >= 11 is 0. The lowest BCUT2D eigenvalue weighted by atomic mass is 9.99. The lowest BCUT2D eigenvalue weighted by Gasteiger charge is -2.32. The maximum atomic E-state index is 5.82. The van der Waals surface area contributed by atoms with Gasteiger partial charge in [0.1, 0.15) is 5.82 Å². The fraction of sp³-hybridized carbons (Fsp3) is 0.562. The highest BCUT2D eigenvalue weighted by Gasteiger charge is 2.25. The van der Waals surface area contributed by atoms with Gasteiger partial charge in [-0.15, -0.1) is 0 Å². The van der Waals surface area contributed by atoms with Crippen LogP contribution in [0.3, 0.4) is 0 Å². The van der Waals surface area contributed by atoms with Crippen LogP contribution in [0.1, 0.15) is 37.3 Å². The Kier molecular flexibility index (Phi) is 3.87. The van der Waals surface area contributed by atoms with Crippen LogP contribution >= 0.6 is 0 Å². The van der Waals surface area contributed by atoms with Gasteiger partial charge in [0.15, 0.2) is 5.82 Å². The summed E-state index contributed by atoms with van der Waals surface area (Å²) in [6.45, 7) is 2.66. The van der Waals surface area contributed by atoms with Crippen LogP contribution in [-0.2, 0) is 0 Å². The van der Waals surface area contributed by atoms with Gasteiger partial charge in [-0.05, 0) is 44.2 Å². The van der Waals surface area contributed by atoms with E-state index in [4.69, 9.17) is 5.73 Å². The first-order valence-corrected chi connectivity index (χ1v) is 8.42. The van der Waals surface area contributed by atoms with Crippen molar-refractivity contribution in [3.05, 3.63) is 24.0 Å². The number of H-pyrrole nitrogens is 1. The van der Waals surface area contributed by atoms with Crippen molar-refractivity contribution in [3.8, 4) is 0 Å². The lowest BCUT2D eigenvalue weighted by molar-refractivity contribution is 0.419. The van der Waals surface area contributed by atoms with E-state index in [1.165, 1.54) is 25.0 Å². The average molecular weight is 313 g/mol. The van der Waals surface area contributed by atoms with Crippen LogP contribution in [0.25, 0.3) is 0 Å². The van der Waals surface area contributed by atoms with Crippen LogP contribution in [0.2, 0.25) is 0 Å². The van der Waals surface area contributed by atoms with E-state index < -0.39 is 0 Å². The standard InChI is InChI=1S/C16H23N7/c17-9-11-2-1-7-23(10-11)16-18-6-5-14(20-16)19-15-8-13(21-22-15)12-3-4-12/h5-6,8,11-12H,1-4,7,9-10,17H2,(H2,18,19,20,21,22)/t11-/m1/s1. The minimum atomic E-state index is 0.538. The van der Waals surface area contributed by atoms with Gasteiger partial charge < -0.3 is 16.0 Å². The third-order valence-corrected chi connectivity index (χ3v) is 4.65. The molecule has 0 aromatic carbocycles. The van der Waals surface area contributed by atoms with Crippen molar-refractivity contribution in [2.24, 2.45) is 11.7 Å². The minimum absolute atomic E-state index is 0.538. The number of anilines is 3. The van der Waals surface area contributed by atoms with E-state index in [1.54, 1.807) is 6.20 Å². The minimum Gasteiger partial charge on any atom is -0.340 e. The number of hydrogen-bond donors (Lipinski definition) is 3. The van der Waals surface area contributed by atoms with Crippen LogP contribution in [-0.4, -0.2) is 39.8 Å². The fourth-order valence-corrected chi connectivity index (χ4v) is 3.14. The molecule has 0 bridgehead atoms. The summed E-state index contributed by atoms with van der Waals surface area (Å²) in [5.74, 6) is 3.57. The zero-order chi connectivity index (χ0) is 15.6. The SMILES string of the molecule is NC[C@H]1CCCN(c2nccc(Nc3cc(C4CC4)[nH]n3)n2)C1. The van der Waals surface area contributed by atoms with Crippen molar-refractivity contribution >= 4 is 17.6 Å². The summed E-state index contributed by atoms with van der Waals surface area (Å²) in [6.07, 6.45) is 6.66. The van der Waals surface area contributed by atoms with Gasteiger partial charge in [0.2, 0.25) is 5.95 Å². The zero-order valence-corrected chi connectivity index (χ0v) is 13.2. The molecule has 4 N–H and O–H groups in total. The quantitative estimate of drug-likeness (QED) is 0.781. The van der Waals surface area contributed by atoms with Gasteiger partial charge in [-0.3, -0.25) is 5.10 Å². The Balaban J connectivity index is 1.46. The maximum Gasteiger partial charge on any atom is 0.227 e. The molecule has 122 valence electrons. The first kappa shape index (κ1) is 14.4. The molecule has 0 amide bonds. The van der Waals surface area contributed by atoms with Crippen molar-refractivity contribution in [1.29, 1.82) is 0 Å². The Hall–Kier alpha value is -2.15. The van der Waals surface area contributed by atoms with Gasteiger partial charge in [0, 0.05) is 37.0 Å². The first-order valence-electron chi connectivity index (χ1n) is 8.42. The Labute approximate surface area is 135 Å². The van der Waals surface area contributed by atoms with Gasteiger partial charge in [-0.25, -0.2) is 4.98 Å². The van der Waals surface area contributed by atoms with E-state index >= 15 is 0 Å². The molecule has 1 aliphatic carbocycles. The summed E-state index contributed by atoms with van der Waals surface area (Å²) in [7, 11) is 0. The summed E-state index contributed by atoms with van der Waals surface area (Å²) in [6, 6.07) is 3.95. The van der Waals surface area contributed by atoms with Crippen molar-refractivity contribution in [2.75, 3.05) is 29.9 Å². The zero-order valence-electron chi connectivity index (χ0n) is 13.2. The molecule has 23 heavy (non-hydrogen) atoms. The largest absolute Gasteiger partial charge is 0.340 e. The highest BCUT2D eigenvalue weighted by atomic mass is 15.3. The number of nitrogens with zero attached hydrogens (tertiary/aromatic N) is 4.